The summed E-state index contributed by atoms with van der Waals surface area (Å²) < 4.78 is 0. The van der Waals surface area contributed by atoms with Crippen molar-refractivity contribution in [2.24, 2.45) is 0 Å². The Labute approximate surface area is 97.5 Å². The SMILES string of the molecule is CC(Cl)/C=C/c1ccc(Cl)c([N+](=O)[O-])c1. The van der Waals surface area contributed by atoms with Crippen LogP contribution in [-0.4, -0.2) is 10.3 Å². The molecule has 0 aliphatic carbocycles. The Morgan fingerprint density at radius 1 is 1.53 bits per heavy atom. The first-order valence-electron chi connectivity index (χ1n) is 4.27. The van der Waals surface area contributed by atoms with Crippen LogP contribution < -0.4 is 0 Å². The molecule has 5 heteroatoms. The number of hydrogen-bond acceptors (Lipinski definition) is 2. The van der Waals surface area contributed by atoms with Gasteiger partial charge in [0.15, 0.2) is 0 Å². The summed E-state index contributed by atoms with van der Waals surface area (Å²) >= 11 is 11.4. The van der Waals surface area contributed by atoms with Crippen molar-refractivity contribution in [1.82, 2.24) is 0 Å². The van der Waals surface area contributed by atoms with E-state index in [1.807, 2.05) is 6.92 Å². The highest BCUT2D eigenvalue weighted by molar-refractivity contribution is 6.32. The molecule has 80 valence electrons. The van der Waals surface area contributed by atoms with Gasteiger partial charge in [0, 0.05) is 11.4 Å². The van der Waals surface area contributed by atoms with E-state index in [0.29, 0.717) is 5.56 Å². The molecule has 0 aliphatic heterocycles. The summed E-state index contributed by atoms with van der Waals surface area (Å²) in [5, 5.41) is 10.6. The van der Waals surface area contributed by atoms with E-state index in [1.165, 1.54) is 12.1 Å². The molecule has 15 heavy (non-hydrogen) atoms. The van der Waals surface area contributed by atoms with Crippen molar-refractivity contribution in [3.63, 3.8) is 0 Å². The molecule has 0 aromatic heterocycles. The van der Waals surface area contributed by atoms with Crippen LogP contribution in [0.2, 0.25) is 5.02 Å². The van der Waals surface area contributed by atoms with Gasteiger partial charge in [0.1, 0.15) is 5.02 Å². The molecule has 1 aromatic carbocycles. The third-order valence-corrected chi connectivity index (χ3v) is 2.19. The first-order chi connectivity index (χ1) is 7.00. The van der Waals surface area contributed by atoms with E-state index in [1.54, 1.807) is 18.2 Å². The minimum atomic E-state index is -0.510. The predicted molar refractivity (Wildman–Crippen MR) is 62.5 cm³/mol. The number of rotatable bonds is 3. The van der Waals surface area contributed by atoms with E-state index in [9.17, 15) is 10.1 Å². The first kappa shape index (κ1) is 12.0. The zero-order valence-electron chi connectivity index (χ0n) is 7.98. The maximum atomic E-state index is 10.6. The number of allylic oxidation sites excluding steroid dienone is 1. The van der Waals surface area contributed by atoms with Crippen LogP contribution in [0.1, 0.15) is 12.5 Å². The number of hydrogen-bond donors (Lipinski definition) is 0. The van der Waals surface area contributed by atoms with Crippen molar-refractivity contribution in [2.75, 3.05) is 0 Å². The molecular weight excluding hydrogens is 237 g/mol. The number of benzene rings is 1. The summed E-state index contributed by atoms with van der Waals surface area (Å²) in [4.78, 5) is 10.1. The summed E-state index contributed by atoms with van der Waals surface area (Å²) in [7, 11) is 0. The molecule has 0 amide bonds. The summed E-state index contributed by atoms with van der Waals surface area (Å²) in [6.07, 6.45) is 3.47. The van der Waals surface area contributed by atoms with Crippen LogP contribution in [0, 0.1) is 10.1 Å². The second-order valence-corrected chi connectivity index (χ2v) is 4.10. The third-order valence-electron chi connectivity index (χ3n) is 1.72. The molecule has 3 nitrogen and oxygen atoms in total. The van der Waals surface area contributed by atoms with Crippen molar-refractivity contribution >= 4 is 35.0 Å². The molecule has 0 fully saturated rings. The lowest BCUT2D eigenvalue weighted by Crippen LogP contribution is -1.89. The lowest BCUT2D eigenvalue weighted by Gasteiger charge is -1.97. The van der Waals surface area contributed by atoms with Gasteiger partial charge in [-0.25, -0.2) is 0 Å². The Bertz CT molecular complexity index is 402. The molecular formula is C10H9Cl2NO2. The van der Waals surface area contributed by atoms with Crippen LogP contribution in [0.15, 0.2) is 24.3 Å². The second-order valence-electron chi connectivity index (χ2n) is 3.00. The standard InChI is InChI=1S/C10H9Cl2NO2/c1-7(11)2-3-8-4-5-9(12)10(6-8)13(14)15/h2-7H,1H3/b3-2+. The molecule has 0 saturated heterocycles. The molecule has 0 radical (unpaired) electrons. The van der Waals surface area contributed by atoms with Gasteiger partial charge in [-0.1, -0.05) is 29.8 Å². The van der Waals surface area contributed by atoms with E-state index in [2.05, 4.69) is 0 Å². The molecule has 0 saturated carbocycles. The van der Waals surface area contributed by atoms with Crippen LogP contribution in [-0.2, 0) is 0 Å². The van der Waals surface area contributed by atoms with Gasteiger partial charge in [-0.2, -0.15) is 0 Å². The van der Waals surface area contributed by atoms with Gasteiger partial charge >= 0.3 is 0 Å². The highest BCUT2D eigenvalue weighted by Crippen LogP contribution is 2.25. The van der Waals surface area contributed by atoms with Crippen LogP contribution in [0.3, 0.4) is 0 Å². The quantitative estimate of drug-likeness (QED) is 0.461. The van der Waals surface area contributed by atoms with E-state index in [0.717, 1.165) is 0 Å². The van der Waals surface area contributed by atoms with Crippen molar-refractivity contribution in [3.05, 3.63) is 45.0 Å². The normalized spacial score (nSPS) is 13.0. The van der Waals surface area contributed by atoms with Crippen LogP contribution in [0.25, 0.3) is 6.08 Å². The van der Waals surface area contributed by atoms with Crippen LogP contribution in [0.5, 0.6) is 0 Å². The van der Waals surface area contributed by atoms with Crippen molar-refractivity contribution in [3.8, 4) is 0 Å². The number of nitrogens with zero attached hydrogens (tertiary/aromatic N) is 1. The Hall–Kier alpha value is -1.06. The predicted octanol–water partition coefficient (Wildman–Crippen LogP) is 3.89. The molecule has 0 aliphatic rings. The molecule has 0 heterocycles. The van der Waals surface area contributed by atoms with E-state index in [-0.39, 0.29) is 16.1 Å². The maximum absolute atomic E-state index is 10.6. The van der Waals surface area contributed by atoms with Crippen LogP contribution in [0.4, 0.5) is 5.69 Å². The maximum Gasteiger partial charge on any atom is 0.288 e. The number of nitro groups is 1. The summed E-state index contributed by atoms with van der Waals surface area (Å²) in [6, 6.07) is 4.61. The van der Waals surface area contributed by atoms with Gasteiger partial charge in [-0.15, -0.1) is 11.6 Å². The molecule has 0 bridgehead atoms. The van der Waals surface area contributed by atoms with Gasteiger partial charge in [0.05, 0.1) is 4.92 Å². The first-order valence-corrected chi connectivity index (χ1v) is 5.08. The zero-order valence-corrected chi connectivity index (χ0v) is 9.50. The summed E-state index contributed by atoms with van der Waals surface area (Å²) in [5.41, 5.74) is 0.611. The lowest BCUT2D eigenvalue weighted by atomic mass is 10.2. The smallest absolute Gasteiger partial charge is 0.258 e. The lowest BCUT2D eigenvalue weighted by molar-refractivity contribution is -0.384. The molecule has 1 rings (SSSR count). The van der Waals surface area contributed by atoms with E-state index >= 15 is 0 Å². The number of alkyl halides is 1. The average molecular weight is 246 g/mol. The molecule has 0 N–H and O–H groups in total. The van der Waals surface area contributed by atoms with Gasteiger partial charge in [-0.05, 0) is 18.6 Å². The topological polar surface area (TPSA) is 43.1 Å². The third kappa shape index (κ3) is 3.53. The summed E-state index contributed by atoms with van der Waals surface area (Å²) in [6.45, 7) is 1.81. The number of halogens is 2. The van der Waals surface area contributed by atoms with Crippen molar-refractivity contribution in [2.45, 2.75) is 12.3 Å². The highest BCUT2D eigenvalue weighted by atomic mass is 35.5. The number of nitro benzene ring substituents is 1. The fourth-order valence-corrected chi connectivity index (χ4v) is 1.28. The monoisotopic (exact) mass is 245 g/mol. The molecule has 1 aromatic rings. The van der Waals surface area contributed by atoms with Gasteiger partial charge < -0.3 is 0 Å². The Kier molecular flexibility index (Phi) is 4.12. The summed E-state index contributed by atoms with van der Waals surface area (Å²) in [5.74, 6) is 0. The van der Waals surface area contributed by atoms with Crippen LogP contribution >= 0.6 is 23.2 Å². The van der Waals surface area contributed by atoms with Crippen molar-refractivity contribution < 1.29 is 4.92 Å². The fourth-order valence-electron chi connectivity index (χ4n) is 1.02. The van der Waals surface area contributed by atoms with Crippen molar-refractivity contribution in [1.29, 1.82) is 0 Å². The van der Waals surface area contributed by atoms with E-state index < -0.39 is 4.92 Å². The Morgan fingerprint density at radius 3 is 2.73 bits per heavy atom. The van der Waals surface area contributed by atoms with Gasteiger partial charge in [0.25, 0.3) is 5.69 Å². The largest absolute Gasteiger partial charge is 0.288 e. The zero-order chi connectivity index (χ0) is 11.4. The van der Waals surface area contributed by atoms with Gasteiger partial charge in [0.2, 0.25) is 0 Å². The second kappa shape index (κ2) is 5.14. The minimum absolute atomic E-state index is 0.0963. The Morgan fingerprint density at radius 2 is 2.20 bits per heavy atom. The molecule has 0 spiro atoms. The highest BCUT2D eigenvalue weighted by Gasteiger charge is 2.11. The van der Waals surface area contributed by atoms with Gasteiger partial charge in [-0.3, -0.25) is 10.1 Å². The molecule has 1 atom stereocenters. The Balaban J connectivity index is 3.03. The minimum Gasteiger partial charge on any atom is -0.258 e. The molecule has 1 unspecified atom stereocenters. The fraction of sp³-hybridized carbons (Fsp3) is 0.200. The van der Waals surface area contributed by atoms with E-state index in [4.69, 9.17) is 23.2 Å². The average Bonchev–Trinajstić information content (AvgIpc) is 2.16.